The molecule has 0 aliphatic rings. The summed E-state index contributed by atoms with van der Waals surface area (Å²) in [5, 5.41) is 13.4. The number of sulfonamides is 1. The van der Waals surface area contributed by atoms with E-state index in [9.17, 15) is 13.5 Å². The van der Waals surface area contributed by atoms with Crippen molar-refractivity contribution in [3.05, 3.63) is 42.2 Å². The monoisotopic (exact) mass is 281 g/mol. The van der Waals surface area contributed by atoms with Crippen LogP contribution in [-0.2, 0) is 23.5 Å². The van der Waals surface area contributed by atoms with E-state index in [4.69, 9.17) is 0 Å². The fourth-order valence-electron chi connectivity index (χ4n) is 1.64. The number of aromatic hydroxyl groups is 1. The predicted molar refractivity (Wildman–Crippen MR) is 70.2 cm³/mol. The summed E-state index contributed by atoms with van der Waals surface area (Å²) in [4.78, 5) is 0.0496. The molecule has 0 bridgehead atoms. The molecular weight excluding hydrogens is 266 g/mol. The third-order valence-corrected chi connectivity index (χ3v) is 4.03. The van der Waals surface area contributed by atoms with Crippen LogP contribution in [0, 0.1) is 0 Å². The van der Waals surface area contributed by atoms with E-state index in [1.54, 1.807) is 17.9 Å². The maximum absolute atomic E-state index is 11.9. The number of aromatic nitrogens is 2. The van der Waals surface area contributed by atoms with Gasteiger partial charge in [-0.1, -0.05) is 6.07 Å². The van der Waals surface area contributed by atoms with Gasteiger partial charge in [-0.3, -0.25) is 4.68 Å². The second-order valence-electron chi connectivity index (χ2n) is 4.13. The number of hydrogen-bond acceptors (Lipinski definition) is 4. The van der Waals surface area contributed by atoms with Crippen LogP contribution in [0.5, 0.6) is 5.75 Å². The molecule has 1 aromatic carbocycles. The van der Waals surface area contributed by atoms with Crippen molar-refractivity contribution in [2.75, 3.05) is 6.54 Å². The first-order valence-electron chi connectivity index (χ1n) is 5.74. The lowest BCUT2D eigenvalue weighted by molar-refractivity contribution is 0.473. The number of phenols is 1. The number of nitrogens with one attached hydrogen (secondary N) is 1. The fraction of sp³-hybridized carbons (Fsp3) is 0.250. The lowest BCUT2D eigenvalue weighted by Crippen LogP contribution is -2.26. The SMILES string of the molecule is Cn1ccc(CCNS(=O)(=O)c2cccc(O)c2)n1. The van der Waals surface area contributed by atoms with Gasteiger partial charge >= 0.3 is 0 Å². The zero-order chi connectivity index (χ0) is 13.9. The standard InChI is InChI=1S/C12H15N3O3S/c1-15-8-6-10(14-15)5-7-13-19(17,18)12-4-2-3-11(16)9-12/h2-4,6,8-9,13,16H,5,7H2,1H3. The Balaban J connectivity index is 1.98. The van der Waals surface area contributed by atoms with E-state index >= 15 is 0 Å². The number of hydrogen-bond donors (Lipinski definition) is 2. The average Bonchev–Trinajstić information content (AvgIpc) is 2.75. The third-order valence-electron chi connectivity index (χ3n) is 2.57. The van der Waals surface area contributed by atoms with Gasteiger partial charge in [0.2, 0.25) is 10.0 Å². The van der Waals surface area contributed by atoms with Crippen LogP contribution in [0.4, 0.5) is 0 Å². The van der Waals surface area contributed by atoms with E-state index in [1.165, 1.54) is 24.3 Å². The zero-order valence-electron chi connectivity index (χ0n) is 10.4. The van der Waals surface area contributed by atoms with Gasteiger partial charge in [-0.2, -0.15) is 5.10 Å². The quantitative estimate of drug-likeness (QED) is 0.842. The molecule has 1 aromatic heterocycles. The molecule has 2 rings (SSSR count). The Kier molecular flexibility index (Phi) is 3.87. The molecule has 19 heavy (non-hydrogen) atoms. The number of benzene rings is 1. The van der Waals surface area contributed by atoms with Gasteiger partial charge in [0.05, 0.1) is 10.6 Å². The first-order valence-corrected chi connectivity index (χ1v) is 7.23. The molecule has 0 aliphatic heterocycles. The van der Waals surface area contributed by atoms with Gasteiger partial charge in [0.15, 0.2) is 0 Å². The Morgan fingerprint density at radius 3 is 2.79 bits per heavy atom. The Morgan fingerprint density at radius 1 is 1.37 bits per heavy atom. The van der Waals surface area contributed by atoms with Gasteiger partial charge < -0.3 is 5.11 Å². The van der Waals surface area contributed by atoms with Crippen molar-refractivity contribution in [3.8, 4) is 5.75 Å². The molecule has 0 aliphatic carbocycles. The van der Waals surface area contributed by atoms with Crippen molar-refractivity contribution in [2.24, 2.45) is 7.05 Å². The Bertz CT molecular complexity index is 664. The highest BCUT2D eigenvalue weighted by Crippen LogP contribution is 2.15. The summed E-state index contributed by atoms with van der Waals surface area (Å²) in [7, 11) is -1.78. The largest absolute Gasteiger partial charge is 0.508 e. The maximum atomic E-state index is 11.9. The van der Waals surface area contributed by atoms with E-state index in [0.29, 0.717) is 6.42 Å². The highest BCUT2D eigenvalue weighted by Gasteiger charge is 2.13. The minimum absolute atomic E-state index is 0.0496. The minimum atomic E-state index is -3.59. The van der Waals surface area contributed by atoms with Crippen molar-refractivity contribution in [1.29, 1.82) is 0 Å². The minimum Gasteiger partial charge on any atom is -0.508 e. The van der Waals surface area contributed by atoms with Gasteiger partial charge in [0, 0.05) is 26.2 Å². The Morgan fingerprint density at radius 2 is 2.16 bits per heavy atom. The second-order valence-corrected chi connectivity index (χ2v) is 5.89. The normalized spacial score (nSPS) is 11.6. The van der Waals surface area contributed by atoms with E-state index in [0.717, 1.165) is 5.69 Å². The molecule has 0 saturated carbocycles. The molecule has 0 spiro atoms. The first-order chi connectivity index (χ1) is 8.97. The Labute approximate surface area is 111 Å². The van der Waals surface area contributed by atoms with Gasteiger partial charge in [0.1, 0.15) is 5.75 Å². The fourth-order valence-corrected chi connectivity index (χ4v) is 2.72. The lowest BCUT2D eigenvalue weighted by Gasteiger charge is -2.06. The van der Waals surface area contributed by atoms with Crippen LogP contribution < -0.4 is 4.72 Å². The summed E-state index contributed by atoms with van der Waals surface area (Å²) in [6.45, 7) is 0.259. The van der Waals surface area contributed by atoms with E-state index < -0.39 is 10.0 Å². The highest BCUT2D eigenvalue weighted by atomic mass is 32.2. The number of aryl methyl sites for hydroxylation is 1. The Hall–Kier alpha value is -1.86. The lowest BCUT2D eigenvalue weighted by atomic mass is 10.3. The first kappa shape index (κ1) is 13.6. The summed E-state index contributed by atoms with van der Waals surface area (Å²) < 4.78 is 28.0. The zero-order valence-corrected chi connectivity index (χ0v) is 11.3. The third kappa shape index (κ3) is 3.55. The van der Waals surface area contributed by atoms with Crippen molar-refractivity contribution < 1.29 is 13.5 Å². The molecule has 1 heterocycles. The molecule has 102 valence electrons. The van der Waals surface area contributed by atoms with Crippen LogP contribution in [0.15, 0.2) is 41.4 Å². The van der Waals surface area contributed by atoms with Gasteiger partial charge in [-0.15, -0.1) is 0 Å². The van der Waals surface area contributed by atoms with Crippen LogP contribution in [-0.4, -0.2) is 29.8 Å². The molecule has 0 fully saturated rings. The van der Waals surface area contributed by atoms with Crippen molar-refractivity contribution in [1.82, 2.24) is 14.5 Å². The molecule has 2 aromatic rings. The predicted octanol–water partition coefficient (Wildman–Crippen LogP) is 0.647. The van der Waals surface area contributed by atoms with Crippen LogP contribution in [0.1, 0.15) is 5.69 Å². The van der Waals surface area contributed by atoms with Gasteiger partial charge in [-0.25, -0.2) is 13.1 Å². The molecule has 0 atom stereocenters. The van der Waals surface area contributed by atoms with Crippen LogP contribution in [0.2, 0.25) is 0 Å². The van der Waals surface area contributed by atoms with E-state index in [2.05, 4.69) is 9.82 Å². The molecule has 0 amide bonds. The van der Waals surface area contributed by atoms with Crippen LogP contribution in [0.3, 0.4) is 0 Å². The summed E-state index contributed by atoms with van der Waals surface area (Å²) in [5.74, 6) is -0.0763. The summed E-state index contributed by atoms with van der Waals surface area (Å²) >= 11 is 0. The molecule has 0 saturated heterocycles. The second kappa shape index (κ2) is 5.41. The molecule has 6 nitrogen and oxygen atoms in total. The number of nitrogens with zero attached hydrogens (tertiary/aromatic N) is 2. The number of phenolic OH excluding ortho intramolecular Hbond substituents is 1. The van der Waals surface area contributed by atoms with Crippen LogP contribution >= 0.6 is 0 Å². The van der Waals surface area contributed by atoms with E-state index in [1.807, 2.05) is 6.07 Å². The molecule has 7 heteroatoms. The summed E-state index contributed by atoms with van der Waals surface area (Å²) in [6.07, 6.45) is 2.32. The number of rotatable bonds is 5. The molecule has 0 unspecified atom stereocenters. The smallest absolute Gasteiger partial charge is 0.240 e. The highest BCUT2D eigenvalue weighted by molar-refractivity contribution is 7.89. The summed E-state index contributed by atoms with van der Waals surface area (Å²) in [6, 6.07) is 7.39. The average molecular weight is 281 g/mol. The van der Waals surface area contributed by atoms with Crippen molar-refractivity contribution >= 4 is 10.0 Å². The van der Waals surface area contributed by atoms with Gasteiger partial charge in [-0.05, 0) is 24.3 Å². The maximum Gasteiger partial charge on any atom is 0.240 e. The molecule has 0 radical (unpaired) electrons. The topological polar surface area (TPSA) is 84.2 Å². The molecule has 2 N–H and O–H groups in total. The van der Waals surface area contributed by atoms with Gasteiger partial charge in [0.25, 0.3) is 0 Å². The van der Waals surface area contributed by atoms with Crippen molar-refractivity contribution in [2.45, 2.75) is 11.3 Å². The van der Waals surface area contributed by atoms with Crippen LogP contribution in [0.25, 0.3) is 0 Å². The van der Waals surface area contributed by atoms with E-state index in [-0.39, 0.29) is 17.2 Å². The summed E-state index contributed by atoms with van der Waals surface area (Å²) in [5.41, 5.74) is 0.820. The van der Waals surface area contributed by atoms with Crippen molar-refractivity contribution in [3.63, 3.8) is 0 Å². The molecular formula is C12H15N3O3S.